The van der Waals surface area contributed by atoms with Gasteiger partial charge in [0.05, 0.1) is 18.2 Å². The zero-order valence-corrected chi connectivity index (χ0v) is 13.9. The molecule has 1 aromatic rings. The van der Waals surface area contributed by atoms with Crippen LogP contribution in [-0.4, -0.2) is 25.2 Å². The van der Waals surface area contributed by atoms with Crippen molar-refractivity contribution in [2.75, 3.05) is 13.2 Å². The van der Waals surface area contributed by atoms with Crippen molar-refractivity contribution >= 4 is 12.0 Å². The van der Waals surface area contributed by atoms with Gasteiger partial charge in [-0.2, -0.15) is 0 Å². The first kappa shape index (κ1) is 17.6. The van der Waals surface area contributed by atoms with E-state index in [4.69, 9.17) is 9.47 Å². The maximum Gasteiger partial charge on any atom is 0.338 e. The molecule has 1 aliphatic heterocycles. The van der Waals surface area contributed by atoms with Gasteiger partial charge in [-0.25, -0.2) is 9.59 Å². The fourth-order valence-electron chi connectivity index (χ4n) is 2.40. The van der Waals surface area contributed by atoms with Crippen LogP contribution in [0.3, 0.4) is 0 Å². The van der Waals surface area contributed by atoms with E-state index >= 15 is 0 Å². The lowest BCUT2D eigenvalue weighted by atomic mass is 9.95. The second-order valence-electron chi connectivity index (χ2n) is 5.37. The molecule has 0 fully saturated rings. The van der Waals surface area contributed by atoms with E-state index in [2.05, 4.69) is 17.2 Å². The van der Waals surface area contributed by atoms with Crippen LogP contribution in [0.5, 0.6) is 5.75 Å². The summed E-state index contributed by atoms with van der Waals surface area (Å²) in [6.45, 7) is 7.99. The number of esters is 1. The average molecular weight is 330 g/mol. The molecule has 0 spiro atoms. The monoisotopic (exact) mass is 330 g/mol. The highest BCUT2D eigenvalue weighted by atomic mass is 16.5. The molecule has 1 aromatic carbocycles. The number of nitrogens with one attached hydrogen (secondary N) is 2. The van der Waals surface area contributed by atoms with E-state index in [1.54, 1.807) is 6.92 Å². The summed E-state index contributed by atoms with van der Waals surface area (Å²) in [5.41, 5.74) is 1.63. The van der Waals surface area contributed by atoms with E-state index in [0.29, 0.717) is 17.9 Å². The minimum Gasteiger partial charge on any atom is -0.494 e. The van der Waals surface area contributed by atoms with Crippen molar-refractivity contribution in [1.82, 2.24) is 10.6 Å². The molecule has 1 atom stereocenters. The predicted octanol–water partition coefficient (Wildman–Crippen LogP) is 2.83. The summed E-state index contributed by atoms with van der Waals surface area (Å²) in [6.07, 6.45) is 2.42. The van der Waals surface area contributed by atoms with Gasteiger partial charge < -0.3 is 20.1 Å². The van der Waals surface area contributed by atoms with Crippen molar-refractivity contribution < 1.29 is 19.1 Å². The summed E-state index contributed by atoms with van der Waals surface area (Å²) in [4.78, 5) is 24.1. The lowest BCUT2D eigenvalue weighted by Gasteiger charge is -2.28. The SMILES string of the molecule is C=CCOC(=O)C1=C(C)NC(=O)N[C@H]1c1ccc(OCCC)cc1. The Bertz CT molecular complexity index is 649. The second kappa shape index (κ2) is 8.19. The molecule has 2 rings (SSSR count). The summed E-state index contributed by atoms with van der Waals surface area (Å²) in [5.74, 6) is 0.258. The van der Waals surface area contributed by atoms with E-state index in [0.717, 1.165) is 17.7 Å². The predicted molar refractivity (Wildman–Crippen MR) is 90.5 cm³/mol. The van der Waals surface area contributed by atoms with Gasteiger partial charge in [0.25, 0.3) is 0 Å². The molecule has 0 bridgehead atoms. The molecular weight excluding hydrogens is 308 g/mol. The van der Waals surface area contributed by atoms with E-state index in [9.17, 15) is 9.59 Å². The second-order valence-corrected chi connectivity index (χ2v) is 5.37. The van der Waals surface area contributed by atoms with Crippen LogP contribution in [0.2, 0.25) is 0 Å². The van der Waals surface area contributed by atoms with Gasteiger partial charge in [0.15, 0.2) is 0 Å². The average Bonchev–Trinajstić information content (AvgIpc) is 2.57. The highest BCUT2D eigenvalue weighted by Gasteiger charge is 2.32. The number of hydrogen-bond acceptors (Lipinski definition) is 4. The molecule has 1 aliphatic rings. The van der Waals surface area contributed by atoms with Gasteiger partial charge in [0.1, 0.15) is 12.4 Å². The zero-order valence-electron chi connectivity index (χ0n) is 13.9. The Balaban J connectivity index is 2.27. The van der Waals surface area contributed by atoms with Crippen LogP contribution in [0.25, 0.3) is 0 Å². The Hall–Kier alpha value is -2.76. The Kier molecular flexibility index (Phi) is 6.01. The first-order valence-electron chi connectivity index (χ1n) is 7.85. The maximum atomic E-state index is 12.3. The molecule has 6 nitrogen and oxygen atoms in total. The molecule has 6 heteroatoms. The first-order valence-corrected chi connectivity index (χ1v) is 7.85. The van der Waals surface area contributed by atoms with Gasteiger partial charge in [-0.1, -0.05) is 31.7 Å². The minimum atomic E-state index is -0.573. The molecule has 0 radical (unpaired) electrons. The first-order chi connectivity index (χ1) is 11.6. The van der Waals surface area contributed by atoms with Gasteiger partial charge in [0, 0.05) is 5.70 Å². The lowest BCUT2D eigenvalue weighted by Crippen LogP contribution is -2.45. The van der Waals surface area contributed by atoms with Crippen LogP contribution in [0.15, 0.2) is 48.2 Å². The lowest BCUT2D eigenvalue weighted by molar-refractivity contribution is -0.138. The third-order valence-electron chi connectivity index (χ3n) is 3.51. The number of amides is 2. The van der Waals surface area contributed by atoms with Crippen LogP contribution in [0.1, 0.15) is 31.9 Å². The number of allylic oxidation sites excluding steroid dienone is 1. The van der Waals surface area contributed by atoms with Crippen LogP contribution >= 0.6 is 0 Å². The van der Waals surface area contributed by atoms with Crippen LogP contribution in [0, 0.1) is 0 Å². The summed E-state index contributed by atoms with van der Waals surface area (Å²) in [6, 6.07) is 6.37. The summed E-state index contributed by atoms with van der Waals surface area (Å²) < 4.78 is 10.7. The quantitative estimate of drug-likeness (QED) is 0.595. The van der Waals surface area contributed by atoms with Crippen molar-refractivity contribution in [3.8, 4) is 5.75 Å². The van der Waals surface area contributed by atoms with Crippen LogP contribution < -0.4 is 15.4 Å². The van der Waals surface area contributed by atoms with Crippen molar-refractivity contribution in [3.05, 3.63) is 53.8 Å². The Morgan fingerprint density at radius 1 is 1.33 bits per heavy atom. The molecule has 1 heterocycles. The number of ether oxygens (including phenoxy) is 2. The van der Waals surface area contributed by atoms with Crippen LogP contribution in [0.4, 0.5) is 4.79 Å². The summed E-state index contributed by atoms with van der Waals surface area (Å²) in [5, 5.41) is 5.36. The smallest absolute Gasteiger partial charge is 0.338 e. The van der Waals surface area contributed by atoms with Crippen molar-refractivity contribution in [2.45, 2.75) is 26.3 Å². The fourth-order valence-corrected chi connectivity index (χ4v) is 2.40. The molecule has 0 unspecified atom stereocenters. The van der Waals surface area contributed by atoms with Crippen LogP contribution in [-0.2, 0) is 9.53 Å². The largest absolute Gasteiger partial charge is 0.494 e. The van der Waals surface area contributed by atoms with E-state index < -0.39 is 12.0 Å². The summed E-state index contributed by atoms with van der Waals surface area (Å²) in [7, 11) is 0. The maximum absolute atomic E-state index is 12.3. The minimum absolute atomic E-state index is 0.111. The number of benzene rings is 1. The van der Waals surface area contributed by atoms with Crippen molar-refractivity contribution in [1.29, 1.82) is 0 Å². The normalized spacial score (nSPS) is 16.9. The highest BCUT2D eigenvalue weighted by Crippen LogP contribution is 2.28. The molecule has 0 aliphatic carbocycles. The fraction of sp³-hybridized carbons (Fsp3) is 0.333. The van der Waals surface area contributed by atoms with E-state index in [1.807, 2.05) is 31.2 Å². The van der Waals surface area contributed by atoms with Gasteiger partial charge in [-0.15, -0.1) is 0 Å². The molecule has 0 saturated heterocycles. The number of carbonyl (C=O) groups excluding carboxylic acids is 2. The Labute approximate surface area is 141 Å². The highest BCUT2D eigenvalue weighted by molar-refractivity contribution is 5.95. The Morgan fingerprint density at radius 3 is 2.67 bits per heavy atom. The van der Waals surface area contributed by atoms with Crippen molar-refractivity contribution in [3.63, 3.8) is 0 Å². The molecule has 24 heavy (non-hydrogen) atoms. The number of carbonyl (C=O) groups is 2. The number of rotatable bonds is 7. The topological polar surface area (TPSA) is 76.7 Å². The summed E-state index contributed by atoms with van der Waals surface area (Å²) >= 11 is 0. The molecule has 2 amide bonds. The van der Waals surface area contributed by atoms with Gasteiger partial charge in [-0.3, -0.25) is 0 Å². The van der Waals surface area contributed by atoms with Gasteiger partial charge in [-0.05, 0) is 31.0 Å². The third-order valence-corrected chi connectivity index (χ3v) is 3.51. The number of urea groups is 1. The molecular formula is C18H22N2O4. The van der Waals surface area contributed by atoms with Gasteiger partial charge in [0.2, 0.25) is 0 Å². The van der Waals surface area contributed by atoms with Gasteiger partial charge >= 0.3 is 12.0 Å². The Morgan fingerprint density at radius 2 is 2.04 bits per heavy atom. The van der Waals surface area contributed by atoms with E-state index in [-0.39, 0.29) is 12.6 Å². The standard InChI is InChI=1S/C18H22N2O4/c1-4-10-23-14-8-6-13(7-9-14)16-15(17(21)24-11-5-2)12(3)19-18(22)20-16/h5-9,16H,2,4,10-11H2,1,3H3,(H2,19,20,22)/t16-/m0/s1. The third kappa shape index (κ3) is 4.16. The number of hydrogen-bond donors (Lipinski definition) is 2. The molecule has 2 N–H and O–H groups in total. The zero-order chi connectivity index (χ0) is 17.5. The van der Waals surface area contributed by atoms with E-state index in [1.165, 1.54) is 6.08 Å². The molecule has 0 saturated carbocycles. The van der Waals surface area contributed by atoms with Crippen molar-refractivity contribution in [2.24, 2.45) is 0 Å². The molecule has 0 aromatic heterocycles. The molecule has 128 valence electrons.